The number of anilines is 1. The maximum Gasteiger partial charge on any atom is 0.195 e. The molecule has 0 saturated carbocycles. The minimum absolute atomic E-state index is 0. The van der Waals surface area contributed by atoms with Crippen LogP contribution in [0.4, 0.5) is 5.69 Å². The second kappa shape index (κ2) is 13.6. The fraction of sp³-hybridized carbons (Fsp3) is 0.480. The molecule has 2 unspecified atom stereocenters. The van der Waals surface area contributed by atoms with Crippen LogP contribution in [-0.2, 0) is 17.8 Å². The van der Waals surface area contributed by atoms with Gasteiger partial charge in [-0.05, 0) is 44.0 Å². The van der Waals surface area contributed by atoms with Gasteiger partial charge in [0.1, 0.15) is 0 Å². The van der Waals surface area contributed by atoms with Crippen molar-refractivity contribution in [2.45, 2.75) is 46.1 Å². The van der Waals surface area contributed by atoms with Gasteiger partial charge in [0.2, 0.25) is 0 Å². The van der Waals surface area contributed by atoms with Crippen molar-refractivity contribution >= 4 is 35.6 Å². The molecule has 33 heavy (non-hydrogen) atoms. The summed E-state index contributed by atoms with van der Waals surface area (Å²) in [5.41, 5.74) is 3.40. The number of nitrogens with one attached hydrogen (secondary N) is 2. The van der Waals surface area contributed by atoms with E-state index in [4.69, 9.17) is 14.2 Å². The van der Waals surface area contributed by atoms with Crippen LogP contribution in [0.2, 0.25) is 0 Å². The van der Waals surface area contributed by atoms with Crippen LogP contribution in [0.15, 0.2) is 47.5 Å². The maximum atomic E-state index is 5.83. The molecule has 2 aromatic rings. The number of hydrogen-bond donors (Lipinski definition) is 2. The standard InChI is InChI=1S/C25H36N4O3.HI/c1-6-31-24-13-22(11-12-23(24)30-5)28-25(26-4)27-14-20-7-9-21(10-8-20)17-29-15-18(2)32-19(3)16-29;/h7-13,18-19H,6,14-17H2,1-5H3,(H2,26,27,28);1H. The quantitative estimate of drug-likeness (QED) is 0.278. The molecule has 2 N–H and O–H groups in total. The number of hydrogen-bond acceptors (Lipinski definition) is 5. The molecule has 2 atom stereocenters. The average Bonchev–Trinajstić information content (AvgIpc) is 2.77. The predicted molar refractivity (Wildman–Crippen MR) is 145 cm³/mol. The van der Waals surface area contributed by atoms with Gasteiger partial charge < -0.3 is 24.8 Å². The first-order chi connectivity index (χ1) is 15.5. The molecule has 3 rings (SSSR count). The normalized spacial score (nSPS) is 18.9. The van der Waals surface area contributed by atoms with E-state index in [9.17, 15) is 0 Å². The maximum absolute atomic E-state index is 5.83. The van der Waals surface area contributed by atoms with Gasteiger partial charge in [0.05, 0.1) is 25.9 Å². The predicted octanol–water partition coefficient (Wildman–Crippen LogP) is 4.51. The molecule has 182 valence electrons. The zero-order valence-corrected chi connectivity index (χ0v) is 22.6. The molecule has 1 saturated heterocycles. The molecule has 0 spiro atoms. The highest BCUT2D eigenvalue weighted by molar-refractivity contribution is 14.0. The molecule has 0 bridgehead atoms. The first kappa shape index (κ1) is 27.2. The van der Waals surface area contributed by atoms with Gasteiger partial charge >= 0.3 is 0 Å². The van der Waals surface area contributed by atoms with Crippen LogP contribution in [0.25, 0.3) is 0 Å². The summed E-state index contributed by atoms with van der Waals surface area (Å²) >= 11 is 0. The van der Waals surface area contributed by atoms with Crippen LogP contribution in [0.1, 0.15) is 31.9 Å². The van der Waals surface area contributed by atoms with E-state index in [1.807, 2.05) is 25.1 Å². The second-order valence-electron chi connectivity index (χ2n) is 8.12. The van der Waals surface area contributed by atoms with Crippen molar-refractivity contribution in [3.8, 4) is 11.5 Å². The molecule has 7 nitrogen and oxygen atoms in total. The lowest BCUT2D eigenvalue weighted by molar-refractivity contribution is -0.0704. The number of nitrogens with zero attached hydrogens (tertiary/aromatic N) is 2. The number of halogens is 1. The summed E-state index contributed by atoms with van der Waals surface area (Å²) in [5.74, 6) is 2.11. The van der Waals surface area contributed by atoms with Crippen molar-refractivity contribution < 1.29 is 14.2 Å². The van der Waals surface area contributed by atoms with E-state index in [2.05, 4.69) is 58.6 Å². The van der Waals surface area contributed by atoms with E-state index in [-0.39, 0.29) is 36.2 Å². The number of ether oxygens (including phenoxy) is 3. The smallest absolute Gasteiger partial charge is 0.195 e. The van der Waals surface area contributed by atoms with Gasteiger partial charge in [-0.25, -0.2) is 0 Å². The van der Waals surface area contributed by atoms with Crippen molar-refractivity contribution in [1.29, 1.82) is 0 Å². The van der Waals surface area contributed by atoms with E-state index in [1.54, 1.807) is 14.2 Å². The first-order valence-electron chi connectivity index (χ1n) is 11.2. The van der Waals surface area contributed by atoms with Crippen molar-refractivity contribution in [2.75, 3.05) is 39.2 Å². The number of morpholine rings is 1. The Kier molecular flexibility index (Phi) is 11.2. The third-order valence-corrected chi connectivity index (χ3v) is 5.33. The molecular weight excluding hydrogens is 531 g/mol. The summed E-state index contributed by atoms with van der Waals surface area (Å²) < 4.78 is 16.8. The molecular formula is C25H37IN4O3. The topological polar surface area (TPSA) is 67.4 Å². The fourth-order valence-electron chi connectivity index (χ4n) is 3.96. The number of methoxy groups -OCH3 is 1. The molecule has 0 amide bonds. The van der Waals surface area contributed by atoms with Crippen LogP contribution in [-0.4, -0.2) is 56.9 Å². The Balaban J connectivity index is 0.00000385. The third kappa shape index (κ3) is 8.35. The van der Waals surface area contributed by atoms with Crippen LogP contribution in [0, 0.1) is 0 Å². The largest absolute Gasteiger partial charge is 0.493 e. The van der Waals surface area contributed by atoms with Gasteiger partial charge in [0.15, 0.2) is 17.5 Å². The molecule has 0 aromatic heterocycles. The van der Waals surface area contributed by atoms with Crippen LogP contribution in [0.5, 0.6) is 11.5 Å². The SMILES string of the molecule is CCOc1cc(NC(=NC)NCc2ccc(CN3CC(C)OC(C)C3)cc2)ccc1OC.I. The Bertz CT molecular complexity index is 882. The van der Waals surface area contributed by atoms with Gasteiger partial charge in [0.25, 0.3) is 0 Å². The van der Waals surface area contributed by atoms with Gasteiger partial charge in [-0.2, -0.15) is 0 Å². The summed E-state index contributed by atoms with van der Waals surface area (Å²) in [6, 6.07) is 14.5. The van der Waals surface area contributed by atoms with Crippen molar-refractivity contribution in [3.05, 3.63) is 53.6 Å². The summed E-state index contributed by atoms with van der Waals surface area (Å²) in [4.78, 5) is 6.79. The van der Waals surface area contributed by atoms with Crippen molar-refractivity contribution in [2.24, 2.45) is 4.99 Å². The number of aliphatic imine (C=N–C) groups is 1. The van der Waals surface area contributed by atoms with E-state index in [1.165, 1.54) is 11.1 Å². The minimum atomic E-state index is 0. The van der Waals surface area contributed by atoms with E-state index >= 15 is 0 Å². The molecule has 0 aliphatic carbocycles. The lowest BCUT2D eigenvalue weighted by Gasteiger charge is -2.35. The molecule has 2 aromatic carbocycles. The lowest BCUT2D eigenvalue weighted by Crippen LogP contribution is -2.44. The average molecular weight is 569 g/mol. The highest BCUT2D eigenvalue weighted by Crippen LogP contribution is 2.30. The monoisotopic (exact) mass is 568 g/mol. The summed E-state index contributed by atoms with van der Waals surface area (Å²) in [6.45, 7) is 10.4. The van der Waals surface area contributed by atoms with Crippen LogP contribution in [0.3, 0.4) is 0 Å². The van der Waals surface area contributed by atoms with Gasteiger partial charge in [-0.1, -0.05) is 24.3 Å². The van der Waals surface area contributed by atoms with Crippen LogP contribution < -0.4 is 20.1 Å². The van der Waals surface area contributed by atoms with Gasteiger partial charge in [-0.3, -0.25) is 9.89 Å². The summed E-state index contributed by atoms with van der Waals surface area (Å²) in [6.07, 6.45) is 0.577. The summed E-state index contributed by atoms with van der Waals surface area (Å²) in [7, 11) is 3.40. The first-order valence-corrected chi connectivity index (χ1v) is 11.2. The Morgan fingerprint density at radius 3 is 2.33 bits per heavy atom. The second-order valence-corrected chi connectivity index (χ2v) is 8.12. The highest BCUT2D eigenvalue weighted by atomic mass is 127. The Hall–Kier alpha value is -2.04. The minimum Gasteiger partial charge on any atom is -0.493 e. The number of benzene rings is 2. The Labute approximate surface area is 214 Å². The molecule has 1 aliphatic rings. The van der Waals surface area contributed by atoms with Crippen molar-refractivity contribution in [3.63, 3.8) is 0 Å². The zero-order chi connectivity index (χ0) is 22.9. The Morgan fingerprint density at radius 2 is 1.73 bits per heavy atom. The lowest BCUT2D eigenvalue weighted by atomic mass is 10.1. The van der Waals surface area contributed by atoms with Gasteiger partial charge in [-0.15, -0.1) is 24.0 Å². The fourth-order valence-corrected chi connectivity index (χ4v) is 3.96. The Morgan fingerprint density at radius 1 is 1.06 bits per heavy atom. The van der Waals surface area contributed by atoms with E-state index < -0.39 is 0 Å². The zero-order valence-electron chi connectivity index (χ0n) is 20.3. The molecule has 0 radical (unpaired) electrons. The van der Waals surface area contributed by atoms with Crippen molar-refractivity contribution in [1.82, 2.24) is 10.2 Å². The van der Waals surface area contributed by atoms with Crippen LogP contribution >= 0.6 is 24.0 Å². The number of guanidine groups is 1. The van der Waals surface area contributed by atoms with E-state index in [0.29, 0.717) is 30.6 Å². The van der Waals surface area contributed by atoms with E-state index in [0.717, 1.165) is 25.3 Å². The molecule has 8 heteroatoms. The third-order valence-electron chi connectivity index (χ3n) is 5.33. The molecule has 1 heterocycles. The summed E-state index contributed by atoms with van der Waals surface area (Å²) in [5, 5.41) is 6.67. The molecule has 1 aliphatic heterocycles. The molecule has 1 fully saturated rings. The van der Waals surface area contributed by atoms with Gasteiger partial charge in [0, 0.05) is 45.0 Å². The highest BCUT2D eigenvalue weighted by Gasteiger charge is 2.21. The number of rotatable bonds is 8.